The molecule has 0 aromatic heterocycles. The molecule has 1 aliphatic rings. The van der Waals surface area contributed by atoms with E-state index in [-0.39, 0.29) is 24.0 Å². The van der Waals surface area contributed by atoms with Gasteiger partial charge in [0.1, 0.15) is 6.54 Å². The van der Waals surface area contributed by atoms with Crippen LogP contribution in [-0.4, -0.2) is 30.6 Å². The van der Waals surface area contributed by atoms with E-state index in [1.54, 1.807) is 5.32 Å². The molecule has 0 saturated heterocycles. The second-order valence-corrected chi connectivity index (χ2v) is 10.9. The summed E-state index contributed by atoms with van der Waals surface area (Å²) < 4.78 is 121. The van der Waals surface area contributed by atoms with Crippen LogP contribution in [0.1, 0.15) is 52.2 Å². The molecule has 3 nitrogen and oxygen atoms in total. The highest BCUT2D eigenvalue weighted by molar-refractivity contribution is 9.11. The van der Waals surface area contributed by atoms with Gasteiger partial charge in [-0.05, 0) is 48.2 Å². The number of ketones is 1. The zero-order valence-corrected chi connectivity index (χ0v) is 22.7. The summed E-state index contributed by atoms with van der Waals surface area (Å²) >= 11 is 6.19. The van der Waals surface area contributed by atoms with Gasteiger partial charge in [0.2, 0.25) is 5.91 Å². The topological polar surface area (TPSA) is 46.2 Å². The number of Topliss-reactive ketones (excluding diaryl/α,β-unsaturated/α-hetero) is 1. The quantitative estimate of drug-likeness (QED) is 0.222. The third-order valence-corrected chi connectivity index (χ3v) is 6.93. The number of carbonyl (C=O) groups excluding carboxylic acids is 2. The maximum Gasteiger partial charge on any atom is 0.417 e. The summed E-state index contributed by atoms with van der Waals surface area (Å²) in [5.74, 6) is -4.37. The SMILES string of the molecule is O=C(CC1(C(=O)NCC(F)(F)F)CC1)c1ccc(/C=C/C(c2cc(Br)cc(Br)c2)C(F)(F)F)cc1C(F)(F)F. The lowest BCUT2D eigenvalue weighted by atomic mass is 9.91. The largest absolute Gasteiger partial charge is 0.417 e. The molecule has 1 fully saturated rings. The van der Waals surface area contributed by atoms with Crippen molar-refractivity contribution in [3.63, 3.8) is 0 Å². The molecule has 0 radical (unpaired) electrons. The Hall–Kier alpha value is -2.35. The first kappa shape index (κ1) is 31.2. The number of nitrogens with one attached hydrogen (secondary N) is 1. The Morgan fingerprint density at radius 1 is 0.923 bits per heavy atom. The predicted octanol–water partition coefficient (Wildman–Crippen LogP) is 8.62. The number of rotatable bonds is 8. The molecule has 0 spiro atoms. The van der Waals surface area contributed by atoms with Crippen LogP contribution in [-0.2, 0) is 11.0 Å². The van der Waals surface area contributed by atoms with E-state index in [0.717, 1.165) is 18.2 Å². The number of amides is 1. The van der Waals surface area contributed by atoms with Crippen LogP contribution in [0.4, 0.5) is 39.5 Å². The molecule has 1 atom stereocenters. The van der Waals surface area contributed by atoms with E-state index in [1.165, 1.54) is 18.2 Å². The van der Waals surface area contributed by atoms with E-state index in [1.807, 2.05) is 0 Å². The van der Waals surface area contributed by atoms with Gasteiger partial charge in [0.15, 0.2) is 5.78 Å². The molecular weight excluding hydrogens is 677 g/mol. The fraction of sp³-hybridized carbons (Fsp3) is 0.360. The molecule has 39 heavy (non-hydrogen) atoms. The molecule has 14 heteroatoms. The summed E-state index contributed by atoms with van der Waals surface area (Å²) in [7, 11) is 0. The van der Waals surface area contributed by atoms with Gasteiger partial charge in [-0.25, -0.2) is 0 Å². The van der Waals surface area contributed by atoms with E-state index in [4.69, 9.17) is 0 Å². The van der Waals surface area contributed by atoms with Gasteiger partial charge < -0.3 is 5.32 Å². The highest BCUT2D eigenvalue weighted by Gasteiger charge is 2.52. The van der Waals surface area contributed by atoms with E-state index >= 15 is 0 Å². The van der Waals surface area contributed by atoms with E-state index in [0.29, 0.717) is 21.1 Å². The molecule has 0 heterocycles. The molecule has 0 aliphatic heterocycles. The number of benzene rings is 2. The van der Waals surface area contributed by atoms with E-state index < -0.39 is 65.6 Å². The van der Waals surface area contributed by atoms with Crippen molar-refractivity contribution >= 4 is 49.6 Å². The second-order valence-electron chi connectivity index (χ2n) is 9.06. The number of carbonyl (C=O) groups is 2. The normalized spacial score (nSPS) is 16.3. The van der Waals surface area contributed by atoms with Gasteiger partial charge in [-0.3, -0.25) is 9.59 Å². The maximum absolute atomic E-state index is 13.8. The van der Waals surface area contributed by atoms with Gasteiger partial charge in [0.05, 0.1) is 16.9 Å². The van der Waals surface area contributed by atoms with E-state index in [2.05, 4.69) is 31.9 Å². The Morgan fingerprint density at radius 3 is 2.00 bits per heavy atom. The van der Waals surface area contributed by atoms with Crippen molar-refractivity contribution in [2.24, 2.45) is 5.41 Å². The van der Waals surface area contributed by atoms with Gasteiger partial charge in [-0.15, -0.1) is 0 Å². The molecule has 212 valence electrons. The van der Waals surface area contributed by atoms with Crippen molar-refractivity contribution in [3.05, 3.63) is 73.7 Å². The summed E-state index contributed by atoms with van der Waals surface area (Å²) in [5.41, 5.74) is -4.26. The van der Waals surface area contributed by atoms with Gasteiger partial charge in [0.25, 0.3) is 0 Å². The lowest BCUT2D eigenvalue weighted by Crippen LogP contribution is -2.39. The Morgan fingerprint density at radius 2 is 1.51 bits per heavy atom. The monoisotopic (exact) mass is 693 g/mol. The van der Waals surface area contributed by atoms with Crippen LogP contribution >= 0.6 is 31.9 Å². The molecule has 1 aliphatic carbocycles. The van der Waals surface area contributed by atoms with Gasteiger partial charge in [-0.1, -0.05) is 56.1 Å². The Bertz CT molecular complexity index is 1260. The Balaban J connectivity index is 1.89. The number of alkyl halides is 9. The van der Waals surface area contributed by atoms with Crippen LogP contribution in [0.5, 0.6) is 0 Å². The van der Waals surface area contributed by atoms with Crippen molar-refractivity contribution in [2.75, 3.05) is 6.54 Å². The van der Waals surface area contributed by atoms with Crippen LogP contribution in [0.25, 0.3) is 6.08 Å². The minimum atomic E-state index is -5.08. The van der Waals surface area contributed by atoms with Crippen molar-refractivity contribution < 1.29 is 49.1 Å². The highest BCUT2D eigenvalue weighted by atomic mass is 79.9. The van der Waals surface area contributed by atoms with Gasteiger partial charge >= 0.3 is 18.5 Å². The summed E-state index contributed by atoms with van der Waals surface area (Å²) in [5, 5.41) is 1.65. The summed E-state index contributed by atoms with van der Waals surface area (Å²) in [6, 6.07) is 6.26. The Kier molecular flexibility index (Phi) is 9.00. The highest BCUT2D eigenvalue weighted by Crippen LogP contribution is 2.50. The molecular formula is C25H18Br2F9NO2. The van der Waals surface area contributed by atoms with Crippen molar-refractivity contribution in [3.8, 4) is 0 Å². The zero-order chi connectivity index (χ0) is 29.4. The lowest BCUT2D eigenvalue weighted by molar-refractivity contribution is -0.141. The first-order valence-electron chi connectivity index (χ1n) is 11.1. The zero-order valence-electron chi connectivity index (χ0n) is 19.5. The first-order valence-corrected chi connectivity index (χ1v) is 12.7. The standard InChI is InChI=1S/C25H18Br2F9NO2/c26-15-8-14(9-16(27)10-15)18(24(31,32)33)4-2-13-1-3-17(19(7-13)25(34,35)36)20(38)11-22(5-6-22)21(39)37-12-23(28,29)30/h1-4,7-10,18H,5-6,11-12H2,(H,37,39)/b4-2+. The van der Waals surface area contributed by atoms with Gasteiger partial charge in [-0.2, -0.15) is 39.5 Å². The van der Waals surface area contributed by atoms with Crippen LogP contribution in [0, 0.1) is 5.41 Å². The Labute approximate surface area is 233 Å². The lowest BCUT2D eigenvalue weighted by Gasteiger charge is -2.19. The number of halogens is 11. The number of allylic oxidation sites excluding steroid dienone is 1. The second kappa shape index (κ2) is 11.3. The fourth-order valence-corrected chi connectivity index (χ4v) is 5.25. The van der Waals surface area contributed by atoms with E-state index in [9.17, 15) is 49.1 Å². The smallest absolute Gasteiger partial charge is 0.346 e. The fourth-order valence-electron chi connectivity index (χ4n) is 3.92. The summed E-state index contributed by atoms with van der Waals surface area (Å²) in [6.45, 7) is -1.65. The average molecular weight is 695 g/mol. The third-order valence-electron chi connectivity index (χ3n) is 6.01. The van der Waals surface area contributed by atoms with Crippen LogP contribution in [0.2, 0.25) is 0 Å². The minimum absolute atomic E-state index is 0.0230. The van der Waals surface area contributed by atoms with Crippen molar-refractivity contribution in [2.45, 2.75) is 43.7 Å². The van der Waals surface area contributed by atoms with Crippen molar-refractivity contribution in [1.29, 1.82) is 0 Å². The molecule has 1 saturated carbocycles. The van der Waals surface area contributed by atoms with Crippen molar-refractivity contribution in [1.82, 2.24) is 5.32 Å². The predicted molar refractivity (Wildman–Crippen MR) is 131 cm³/mol. The summed E-state index contributed by atoms with van der Waals surface area (Å²) in [6.07, 6.45) is -13.7. The van der Waals surface area contributed by atoms with Crippen LogP contribution < -0.4 is 5.32 Å². The number of hydrogen-bond acceptors (Lipinski definition) is 2. The average Bonchev–Trinajstić information content (AvgIpc) is 3.55. The maximum atomic E-state index is 13.8. The molecule has 2 aromatic carbocycles. The van der Waals surface area contributed by atoms with Gasteiger partial charge in [0, 0.05) is 20.9 Å². The molecule has 1 N–H and O–H groups in total. The molecule has 1 unspecified atom stereocenters. The molecule has 2 aromatic rings. The van der Waals surface area contributed by atoms with Crippen LogP contribution in [0.15, 0.2) is 51.4 Å². The summed E-state index contributed by atoms with van der Waals surface area (Å²) in [4.78, 5) is 24.9. The molecule has 0 bridgehead atoms. The van der Waals surface area contributed by atoms with Crippen LogP contribution in [0.3, 0.4) is 0 Å². The first-order chi connectivity index (χ1) is 17.8. The number of hydrogen-bond donors (Lipinski definition) is 1. The molecule has 1 amide bonds. The third kappa shape index (κ3) is 8.32. The minimum Gasteiger partial charge on any atom is -0.346 e. The molecule has 3 rings (SSSR count).